The van der Waals surface area contributed by atoms with Gasteiger partial charge in [-0.3, -0.25) is 0 Å². The Balaban J connectivity index is 1.97. The van der Waals surface area contributed by atoms with Crippen molar-refractivity contribution in [1.82, 2.24) is 20.1 Å². The van der Waals surface area contributed by atoms with Crippen LogP contribution in [0.25, 0.3) is 0 Å². The number of aromatic nitrogens is 3. The maximum Gasteiger partial charge on any atom is 0.150 e. The van der Waals surface area contributed by atoms with Crippen LogP contribution in [-0.4, -0.2) is 21.3 Å². The van der Waals surface area contributed by atoms with Crippen LogP contribution >= 0.6 is 0 Å². The van der Waals surface area contributed by atoms with Crippen LogP contribution in [0.1, 0.15) is 70.6 Å². The van der Waals surface area contributed by atoms with Crippen molar-refractivity contribution in [1.29, 1.82) is 0 Å². The first kappa shape index (κ1) is 13.1. The second-order valence-electron chi connectivity index (χ2n) is 7.18. The number of nitrogens with one attached hydrogen (secondary N) is 1. The number of hydrogen-bond donors (Lipinski definition) is 1. The molecule has 2 aliphatic rings. The second kappa shape index (κ2) is 4.58. The Morgan fingerprint density at radius 3 is 2.63 bits per heavy atom. The van der Waals surface area contributed by atoms with Crippen LogP contribution in [0.4, 0.5) is 0 Å². The summed E-state index contributed by atoms with van der Waals surface area (Å²) in [5.41, 5.74) is 0.377. The number of hydrogen-bond acceptors (Lipinski definition) is 3. The smallest absolute Gasteiger partial charge is 0.150 e. The summed E-state index contributed by atoms with van der Waals surface area (Å²) in [4.78, 5) is 0. The maximum atomic E-state index is 4.58. The summed E-state index contributed by atoms with van der Waals surface area (Å²) < 4.78 is 2.40. The van der Waals surface area contributed by atoms with E-state index in [1.165, 1.54) is 25.1 Å². The Bertz CT molecular complexity index is 461. The van der Waals surface area contributed by atoms with E-state index in [9.17, 15) is 0 Å². The zero-order valence-electron chi connectivity index (χ0n) is 12.6. The lowest BCUT2D eigenvalue weighted by Gasteiger charge is -2.31. The van der Waals surface area contributed by atoms with E-state index in [0.29, 0.717) is 23.3 Å². The molecule has 0 aromatic carbocycles. The van der Waals surface area contributed by atoms with Crippen molar-refractivity contribution in [2.75, 3.05) is 6.54 Å². The number of fused-ring (bicyclic) bond motifs is 1. The molecule has 1 N–H and O–H groups in total. The first-order chi connectivity index (χ1) is 9.00. The topological polar surface area (TPSA) is 42.7 Å². The Hall–Kier alpha value is -0.900. The fourth-order valence-electron chi connectivity index (χ4n) is 3.81. The van der Waals surface area contributed by atoms with Gasteiger partial charge < -0.3 is 9.88 Å². The van der Waals surface area contributed by atoms with Crippen molar-refractivity contribution in [3.05, 3.63) is 11.6 Å². The lowest BCUT2D eigenvalue weighted by molar-refractivity contribution is 0.297. The van der Waals surface area contributed by atoms with Gasteiger partial charge in [0.15, 0.2) is 5.82 Å². The van der Waals surface area contributed by atoms with E-state index in [1.54, 1.807) is 0 Å². The van der Waals surface area contributed by atoms with Crippen molar-refractivity contribution in [3.63, 3.8) is 0 Å². The Morgan fingerprint density at radius 1 is 1.26 bits per heavy atom. The molecule has 4 heteroatoms. The number of rotatable bonds is 2. The molecular weight excluding hydrogens is 236 g/mol. The normalized spacial score (nSPS) is 29.7. The minimum atomic E-state index is 0.361. The molecule has 4 nitrogen and oxygen atoms in total. The molecule has 1 aromatic rings. The molecule has 1 aliphatic carbocycles. The highest BCUT2D eigenvalue weighted by Gasteiger charge is 2.40. The Morgan fingerprint density at radius 2 is 2.00 bits per heavy atom. The van der Waals surface area contributed by atoms with Crippen LogP contribution in [0.5, 0.6) is 0 Å². The molecule has 1 saturated carbocycles. The average Bonchev–Trinajstić information content (AvgIpc) is 2.91. The van der Waals surface area contributed by atoms with Gasteiger partial charge >= 0.3 is 0 Å². The zero-order chi connectivity index (χ0) is 13.6. The predicted octanol–water partition coefficient (Wildman–Crippen LogP) is 2.87. The lowest BCUT2D eigenvalue weighted by Crippen LogP contribution is -2.37. The molecule has 0 spiro atoms. The average molecular weight is 262 g/mol. The summed E-state index contributed by atoms with van der Waals surface area (Å²) in [7, 11) is 0. The molecule has 0 amide bonds. The van der Waals surface area contributed by atoms with Crippen LogP contribution in [0.2, 0.25) is 0 Å². The molecular formula is C15H26N4. The predicted molar refractivity (Wildman–Crippen MR) is 76.0 cm³/mol. The van der Waals surface area contributed by atoms with Gasteiger partial charge in [-0.15, -0.1) is 10.2 Å². The van der Waals surface area contributed by atoms with E-state index in [4.69, 9.17) is 0 Å². The molecule has 3 rings (SSSR count). The maximum absolute atomic E-state index is 4.58. The van der Waals surface area contributed by atoms with E-state index in [0.717, 1.165) is 18.9 Å². The van der Waals surface area contributed by atoms with Crippen molar-refractivity contribution < 1.29 is 0 Å². The van der Waals surface area contributed by atoms with E-state index in [1.807, 2.05) is 0 Å². The van der Waals surface area contributed by atoms with Crippen LogP contribution in [0, 0.1) is 11.3 Å². The summed E-state index contributed by atoms with van der Waals surface area (Å²) in [6, 6.07) is 0.361. The molecule has 106 valence electrons. The minimum absolute atomic E-state index is 0.361. The SMILES string of the molecule is CC(C)C1NCCn2c1nnc2C1CCCC1(C)C. The molecule has 1 fully saturated rings. The number of nitrogens with zero attached hydrogens (tertiary/aromatic N) is 3. The lowest BCUT2D eigenvalue weighted by atomic mass is 9.81. The molecule has 2 atom stereocenters. The van der Waals surface area contributed by atoms with Crippen LogP contribution in [0.15, 0.2) is 0 Å². The first-order valence-corrected chi connectivity index (χ1v) is 7.67. The van der Waals surface area contributed by atoms with E-state index < -0.39 is 0 Å². The third-order valence-electron chi connectivity index (χ3n) is 5.02. The Kier molecular flexibility index (Phi) is 3.16. The molecule has 2 heterocycles. The second-order valence-corrected chi connectivity index (χ2v) is 7.18. The van der Waals surface area contributed by atoms with Crippen molar-refractivity contribution in [2.24, 2.45) is 11.3 Å². The molecule has 0 radical (unpaired) electrons. The summed E-state index contributed by atoms with van der Waals surface area (Å²) in [6.07, 6.45) is 3.91. The molecule has 2 unspecified atom stereocenters. The van der Waals surface area contributed by atoms with Gasteiger partial charge in [0, 0.05) is 19.0 Å². The van der Waals surface area contributed by atoms with Gasteiger partial charge in [0.1, 0.15) is 5.82 Å². The molecule has 0 bridgehead atoms. The highest BCUT2D eigenvalue weighted by atomic mass is 15.3. The first-order valence-electron chi connectivity index (χ1n) is 7.67. The fourth-order valence-corrected chi connectivity index (χ4v) is 3.81. The molecule has 1 aliphatic heterocycles. The van der Waals surface area contributed by atoms with Crippen LogP contribution in [0.3, 0.4) is 0 Å². The van der Waals surface area contributed by atoms with Gasteiger partial charge in [-0.1, -0.05) is 34.1 Å². The summed E-state index contributed by atoms with van der Waals surface area (Å²) in [5.74, 6) is 3.54. The highest BCUT2D eigenvalue weighted by Crippen LogP contribution is 2.48. The van der Waals surface area contributed by atoms with E-state index in [-0.39, 0.29) is 0 Å². The van der Waals surface area contributed by atoms with Crippen molar-refractivity contribution >= 4 is 0 Å². The van der Waals surface area contributed by atoms with Crippen LogP contribution < -0.4 is 5.32 Å². The van der Waals surface area contributed by atoms with Gasteiger partial charge in [-0.25, -0.2) is 0 Å². The van der Waals surface area contributed by atoms with Gasteiger partial charge in [0.25, 0.3) is 0 Å². The van der Waals surface area contributed by atoms with Gasteiger partial charge in [-0.05, 0) is 24.2 Å². The third-order valence-corrected chi connectivity index (χ3v) is 5.02. The van der Waals surface area contributed by atoms with Gasteiger partial charge in [0.05, 0.1) is 6.04 Å². The standard InChI is InChI=1S/C15H26N4/c1-10(2)12-14-18-17-13(19(14)9-8-16-12)11-6-5-7-15(11,3)4/h10-12,16H,5-9H2,1-4H3. The fraction of sp³-hybridized carbons (Fsp3) is 0.867. The zero-order valence-corrected chi connectivity index (χ0v) is 12.6. The van der Waals surface area contributed by atoms with E-state index >= 15 is 0 Å². The van der Waals surface area contributed by atoms with Gasteiger partial charge in [-0.2, -0.15) is 0 Å². The minimum Gasteiger partial charge on any atom is -0.312 e. The largest absolute Gasteiger partial charge is 0.312 e. The third kappa shape index (κ3) is 2.10. The van der Waals surface area contributed by atoms with Crippen LogP contribution in [-0.2, 0) is 6.54 Å². The summed E-state index contributed by atoms with van der Waals surface area (Å²) >= 11 is 0. The highest BCUT2D eigenvalue weighted by molar-refractivity contribution is 5.13. The monoisotopic (exact) mass is 262 g/mol. The summed E-state index contributed by atoms with van der Waals surface area (Å²) in [6.45, 7) is 11.3. The van der Waals surface area contributed by atoms with Gasteiger partial charge in [0.2, 0.25) is 0 Å². The van der Waals surface area contributed by atoms with E-state index in [2.05, 4.69) is 47.8 Å². The molecule has 1 aromatic heterocycles. The van der Waals surface area contributed by atoms with Crippen molar-refractivity contribution in [2.45, 2.75) is 65.5 Å². The van der Waals surface area contributed by atoms with Crippen molar-refractivity contribution in [3.8, 4) is 0 Å². The quantitative estimate of drug-likeness (QED) is 0.891. The molecule has 19 heavy (non-hydrogen) atoms. The molecule has 0 saturated heterocycles. The Labute approximate surface area is 116 Å². The summed E-state index contributed by atoms with van der Waals surface area (Å²) in [5, 5.41) is 12.7.